The minimum Gasteiger partial charge on any atom is -0.347 e. The first-order valence-electron chi connectivity index (χ1n) is 6.63. The fourth-order valence-electron chi connectivity index (χ4n) is 1.29. The lowest BCUT2D eigenvalue weighted by Crippen LogP contribution is -2.49. The summed E-state index contributed by atoms with van der Waals surface area (Å²) in [6.45, 7) is 9.09. The highest BCUT2D eigenvalue weighted by atomic mass is 16.2. The maximum Gasteiger partial charge on any atom is 0.242 e. The Kier molecular flexibility index (Phi) is 16.5. The van der Waals surface area contributed by atoms with E-state index in [0.29, 0.717) is 6.42 Å². The van der Waals surface area contributed by atoms with Crippen LogP contribution in [0.3, 0.4) is 0 Å². The molecule has 0 aliphatic heterocycles. The minimum absolute atomic E-state index is 0. The van der Waals surface area contributed by atoms with Crippen LogP contribution in [0.5, 0.6) is 0 Å². The molecule has 1 atom stereocenters. The maximum atomic E-state index is 11.7. The van der Waals surface area contributed by atoms with E-state index >= 15 is 0 Å². The van der Waals surface area contributed by atoms with E-state index < -0.39 is 6.04 Å². The van der Waals surface area contributed by atoms with E-state index in [1.165, 1.54) is 6.92 Å². The van der Waals surface area contributed by atoms with Gasteiger partial charge in [0.25, 0.3) is 0 Å². The summed E-state index contributed by atoms with van der Waals surface area (Å²) >= 11 is 0. The lowest BCUT2D eigenvalue weighted by molar-refractivity contribution is -0.129. The van der Waals surface area contributed by atoms with Crippen LogP contribution >= 0.6 is 0 Å². The van der Waals surface area contributed by atoms with Gasteiger partial charge in [0.15, 0.2) is 0 Å². The molecule has 0 aliphatic carbocycles. The molecule has 0 rings (SSSR count). The monoisotopic (exact) mass is 289 g/mol. The number of rotatable bonds is 7. The highest BCUT2D eigenvalue weighted by molar-refractivity contribution is 5.90. The van der Waals surface area contributed by atoms with Crippen LogP contribution < -0.4 is 16.4 Å². The van der Waals surface area contributed by atoms with Crippen LogP contribution in [0.2, 0.25) is 0 Å². The highest BCUT2D eigenvalue weighted by Crippen LogP contribution is 2.04. The summed E-state index contributed by atoms with van der Waals surface area (Å²) in [7, 11) is 0. The van der Waals surface area contributed by atoms with Crippen molar-refractivity contribution in [2.24, 2.45) is 11.7 Å². The molecular formula is C14H31N3O3. The number of hydrogen-bond donors (Lipinski definition) is 3. The summed E-state index contributed by atoms with van der Waals surface area (Å²) in [5.41, 5.74) is 5.18. The number of carbonyl (C=O) groups is 3. The van der Waals surface area contributed by atoms with Crippen molar-refractivity contribution in [3.8, 4) is 0 Å². The molecule has 0 radical (unpaired) electrons. The number of carbonyl (C=O) groups excluding carboxylic acids is 3. The van der Waals surface area contributed by atoms with Crippen molar-refractivity contribution < 1.29 is 14.4 Å². The van der Waals surface area contributed by atoms with Gasteiger partial charge in [-0.05, 0) is 19.3 Å². The number of nitrogens with two attached hydrogens (primary N) is 1. The van der Waals surface area contributed by atoms with Crippen LogP contribution in [0.25, 0.3) is 0 Å². The Morgan fingerprint density at radius 3 is 2.00 bits per heavy atom. The number of hydrogen-bond acceptors (Lipinski definition) is 4. The second-order valence-corrected chi connectivity index (χ2v) is 4.37. The topological polar surface area (TPSA) is 101 Å². The number of nitrogens with one attached hydrogen (secondary N) is 2. The van der Waals surface area contributed by atoms with Crippen LogP contribution in [0.1, 0.15) is 48.5 Å². The molecule has 0 aromatic heterocycles. The standard InChI is InChI=1S/C11H21N3O3.C2H6.CH4/c1-7(2)4-9(14-10(16)5-12)11(17)13-6-8(3)15;1-2;/h7,9H,4-6,12H2,1-3H3,(H,13,17)(H,14,16);1-2H3;1H4/t9-;;/m0../s1. The molecule has 0 aromatic carbocycles. The molecule has 20 heavy (non-hydrogen) atoms. The zero-order valence-electron chi connectivity index (χ0n) is 12.6. The smallest absolute Gasteiger partial charge is 0.242 e. The molecule has 2 amide bonds. The normalized spacial score (nSPS) is 10.6. The Hall–Kier alpha value is -1.43. The molecule has 120 valence electrons. The number of ketones is 1. The summed E-state index contributed by atoms with van der Waals surface area (Å²) in [5, 5.41) is 5.01. The van der Waals surface area contributed by atoms with Crippen molar-refractivity contribution in [3.63, 3.8) is 0 Å². The summed E-state index contributed by atoms with van der Waals surface area (Å²) in [5.74, 6) is -0.614. The molecule has 0 saturated carbocycles. The van der Waals surface area contributed by atoms with Crippen molar-refractivity contribution in [2.45, 2.75) is 54.5 Å². The molecule has 4 N–H and O–H groups in total. The SMILES string of the molecule is C.CC.CC(=O)CNC(=O)[C@H](CC(C)C)NC(=O)CN. The molecule has 0 fully saturated rings. The molecule has 0 bridgehead atoms. The van der Waals surface area contributed by atoms with E-state index in [1.54, 1.807) is 0 Å². The molecule has 0 unspecified atom stereocenters. The van der Waals surface area contributed by atoms with Crippen LogP contribution in [-0.4, -0.2) is 36.7 Å². The van der Waals surface area contributed by atoms with Crippen molar-refractivity contribution in [3.05, 3.63) is 0 Å². The molecule has 0 heterocycles. The third-order valence-electron chi connectivity index (χ3n) is 2.06. The van der Waals surface area contributed by atoms with Gasteiger partial charge in [0.2, 0.25) is 11.8 Å². The van der Waals surface area contributed by atoms with Crippen LogP contribution in [0.4, 0.5) is 0 Å². The maximum absolute atomic E-state index is 11.7. The lowest BCUT2D eigenvalue weighted by Gasteiger charge is -2.19. The molecule has 0 saturated heterocycles. The van der Waals surface area contributed by atoms with Gasteiger partial charge < -0.3 is 16.4 Å². The summed E-state index contributed by atoms with van der Waals surface area (Å²) in [6.07, 6.45) is 0.509. The van der Waals surface area contributed by atoms with Crippen LogP contribution in [-0.2, 0) is 14.4 Å². The summed E-state index contributed by atoms with van der Waals surface area (Å²) in [4.78, 5) is 33.6. The van der Waals surface area contributed by atoms with Crippen LogP contribution in [0.15, 0.2) is 0 Å². The summed E-state index contributed by atoms with van der Waals surface area (Å²) in [6, 6.07) is -0.634. The molecule has 6 nitrogen and oxygen atoms in total. The zero-order chi connectivity index (χ0) is 15.4. The van der Waals surface area contributed by atoms with Gasteiger partial charge in [-0.2, -0.15) is 0 Å². The van der Waals surface area contributed by atoms with Crippen molar-refractivity contribution in [2.75, 3.05) is 13.1 Å². The lowest BCUT2D eigenvalue weighted by atomic mass is 10.0. The van der Waals surface area contributed by atoms with Crippen molar-refractivity contribution in [1.29, 1.82) is 0 Å². The number of amides is 2. The third kappa shape index (κ3) is 13.0. The third-order valence-corrected chi connectivity index (χ3v) is 2.06. The second-order valence-electron chi connectivity index (χ2n) is 4.37. The average Bonchev–Trinajstić information content (AvgIpc) is 2.36. The quantitative estimate of drug-likeness (QED) is 0.646. The largest absolute Gasteiger partial charge is 0.347 e. The molecule has 6 heteroatoms. The van der Waals surface area contributed by atoms with Gasteiger partial charge in [-0.25, -0.2) is 0 Å². The molecule has 0 aliphatic rings. The van der Waals surface area contributed by atoms with E-state index in [2.05, 4.69) is 10.6 Å². The number of Topliss-reactive ketones (excluding diaryl/α,β-unsaturated/α-hetero) is 1. The van der Waals surface area contributed by atoms with E-state index in [1.807, 2.05) is 27.7 Å². The second kappa shape index (κ2) is 14.0. The predicted octanol–water partition coefficient (Wildman–Crippen LogP) is 0.844. The van der Waals surface area contributed by atoms with Gasteiger partial charge in [0.1, 0.15) is 11.8 Å². The Morgan fingerprint density at radius 1 is 1.15 bits per heavy atom. The van der Waals surface area contributed by atoms with Gasteiger partial charge in [0, 0.05) is 0 Å². The highest BCUT2D eigenvalue weighted by Gasteiger charge is 2.21. The Morgan fingerprint density at radius 2 is 1.65 bits per heavy atom. The van der Waals surface area contributed by atoms with E-state index in [9.17, 15) is 14.4 Å². The Labute approximate surface area is 122 Å². The zero-order valence-corrected chi connectivity index (χ0v) is 12.6. The molecular weight excluding hydrogens is 258 g/mol. The first-order chi connectivity index (χ1) is 8.86. The predicted molar refractivity (Wildman–Crippen MR) is 82.2 cm³/mol. The molecule has 0 spiro atoms. The van der Waals surface area contributed by atoms with Crippen molar-refractivity contribution in [1.82, 2.24) is 10.6 Å². The van der Waals surface area contributed by atoms with Gasteiger partial charge >= 0.3 is 0 Å². The minimum atomic E-state index is -0.634. The first-order valence-corrected chi connectivity index (χ1v) is 6.63. The average molecular weight is 289 g/mol. The van der Waals surface area contributed by atoms with Gasteiger partial charge in [-0.3, -0.25) is 14.4 Å². The van der Waals surface area contributed by atoms with E-state index in [0.717, 1.165) is 0 Å². The van der Waals surface area contributed by atoms with Gasteiger partial charge in [-0.1, -0.05) is 35.1 Å². The van der Waals surface area contributed by atoms with Gasteiger partial charge in [0.05, 0.1) is 13.1 Å². The molecule has 0 aromatic rings. The fraction of sp³-hybridized carbons (Fsp3) is 0.786. The summed E-state index contributed by atoms with van der Waals surface area (Å²) < 4.78 is 0. The fourth-order valence-corrected chi connectivity index (χ4v) is 1.29. The van der Waals surface area contributed by atoms with Crippen LogP contribution in [0, 0.1) is 5.92 Å². The Bertz CT molecular complexity index is 291. The first kappa shape index (κ1) is 23.6. The van der Waals surface area contributed by atoms with Crippen molar-refractivity contribution >= 4 is 17.6 Å². The van der Waals surface area contributed by atoms with E-state index in [4.69, 9.17) is 5.73 Å². The van der Waals surface area contributed by atoms with Gasteiger partial charge in [-0.15, -0.1) is 0 Å². The van der Waals surface area contributed by atoms with E-state index in [-0.39, 0.29) is 44.0 Å². The Balaban J connectivity index is -0.000000916.